The van der Waals surface area contributed by atoms with Gasteiger partial charge in [0, 0.05) is 16.5 Å². The molecule has 0 aliphatic heterocycles. The highest BCUT2D eigenvalue weighted by molar-refractivity contribution is 7.16. The van der Waals surface area contributed by atoms with Gasteiger partial charge in [-0.15, -0.1) is 11.3 Å². The molecule has 2 aromatic carbocycles. The topological polar surface area (TPSA) is 93.5 Å². The van der Waals surface area contributed by atoms with Crippen LogP contribution in [0.2, 0.25) is 0 Å². The molecule has 0 unspecified atom stereocenters. The van der Waals surface area contributed by atoms with E-state index in [4.69, 9.17) is 14.7 Å². The Balaban J connectivity index is 1.63. The number of nitrogens with one attached hydrogen (secondary N) is 1. The minimum absolute atomic E-state index is 0.0514. The summed E-state index contributed by atoms with van der Waals surface area (Å²) in [7, 11) is 1.44. The summed E-state index contributed by atoms with van der Waals surface area (Å²) in [5.41, 5.74) is 1.74. The minimum atomic E-state index is -2.89. The Kier molecular flexibility index (Phi) is 6.99. The van der Waals surface area contributed by atoms with Crippen LogP contribution in [0.4, 0.5) is 13.9 Å². The summed E-state index contributed by atoms with van der Waals surface area (Å²) in [5, 5.41) is 12.0. The molecule has 0 aliphatic carbocycles. The van der Waals surface area contributed by atoms with Gasteiger partial charge in [-0.25, -0.2) is 4.98 Å². The first-order chi connectivity index (χ1) is 14.9. The van der Waals surface area contributed by atoms with E-state index in [1.165, 1.54) is 36.6 Å². The van der Waals surface area contributed by atoms with E-state index in [2.05, 4.69) is 15.0 Å². The molecule has 10 heteroatoms. The Labute approximate surface area is 180 Å². The molecule has 1 amide bonds. The molecule has 1 aromatic heterocycles. The first kappa shape index (κ1) is 22.0. The number of rotatable bonds is 8. The molecule has 0 radical (unpaired) electrons. The molecular formula is C21H17F2N3O4S. The lowest BCUT2D eigenvalue weighted by Crippen LogP contribution is -2.20. The number of nitrogens with zero attached hydrogens (tertiary/aromatic N) is 2. The third-order valence-electron chi connectivity index (χ3n) is 4.05. The van der Waals surface area contributed by atoms with E-state index in [1.54, 1.807) is 24.3 Å². The van der Waals surface area contributed by atoms with Gasteiger partial charge in [0.25, 0.3) is 5.91 Å². The Hall–Kier alpha value is -3.71. The van der Waals surface area contributed by atoms with E-state index in [-0.39, 0.29) is 12.4 Å². The van der Waals surface area contributed by atoms with E-state index < -0.39 is 12.5 Å². The normalized spacial score (nSPS) is 10.5. The number of aryl methyl sites for hydroxylation is 1. The maximum absolute atomic E-state index is 12.3. The van der Waals surface area contributed by atoms with Crippen LogP contribution in [0.15, 0.2) is 42.5 Å². The largest absolute Gasteiger partial charge is 0.493 e. The van der Waals surface area contributed by atoms with Crippen LogP contribution in [0.3, 0.4) is 0 Å². The summed E-state index contributed by atoms with van der Waals surface area (Å²) in [6.45, 7) is -1.33. The van der Waals surface area contributed by atoms with Crippen LogP contribution in [-0.4, -0.2) is 31.2 Å². The van der Waals surface area contributed by atoms with Crippen molar-refractivity contribution in [3.8, 4) is 34.6 Å². The van der Waals surface area contributed by atoms with Crippen LogP contribution >= 0.6 is 11.3 Å². The predicted molar refractivity (Wildman–Crippen MR) is 111 cm³/mol. The smallest absolute Gasteiger partial charge is 0.387 e. The summed E-state index contributed by atoms with van der Waals surface area (Å²) >= 11 is 1.28. The molecule has 0 aliphatic rings. The number of aromatic nitrogens is 1. The number of benzene rings is 2. The van der Waals surface area contributed by atoms with Crippen LogP contribution < -0.4 is 19.5 Å². The molecule has 0 atom stereocenters. The van der Waals surface area contributed by atoms with Gasteiger partial charge >= 0.3 is 6.61 Å². The number of hydrogen-bond acceptors (Lipinski definition) is 7. The summed E-state index contributed by atoms with van der Waals surface area (Å²) < 4.78 is 39.5. The third kappa shape index (κ3) is 5.67. The predicted octanol–water partition coefficient (Wildman–Crippen LogP) is 4.62. The average Bonchev–Trinajstić information content (AvgIpc) is 3.12. The molecule has 3 rings (SSSR count). The Bertz CT molecular complexity index is 1110. The van der Waals surface area contributed by atoms with Crippen LogP contribution in [0.25, 0.3) is 11.3 Å². The monoisotopic (exact) mass is 445 g/mol. The van der Waals surface area contributed by atoms with Crippen LogP contribution in [0.5, 0.6) is 17.2 Å². The van der Waals surface area contributed by atoms with Crippen molar-refractivity contribution >= 4 is 22.4 Å². The molecule has 160 valence electrons. The van der Waals surface area contributed by atoms with E-state index in [1.807, 2.05) is 13.0 Å². The quantitative estimate of drug-likeness (QED) is 0.544. The fourth-order valence-corrected chi connectivity index (χ4v) is 3.52. The van der Waals surface area contributed by atoms with Crippen LogP contribution in [0, 0.1) is 18.3 Å². The molecule has 0 saturated heterocycles. The second-order valence-electron chi connectivity index (χ2n) is 6.14. The highest BCUT2D eigenvalue weighted by Crippen LogP contribution is 2.32. The number of carbonyl (C=O) groups excluding carboxylic acids is 1. The molecule has 0 spiro atoms. The lowest BCUT2D eigenvalue weighted by atomic mass is 10.1. The van der Waals surface area contributed by atoms with E-state index in [0.29, 0.717) is 33.5 Å². The standard InChI is InChI=1S/C21H17F2N3O4S/c1-12-19(14-4-6-15(7-5-14)30-20(22)23)26-21(31-12)25-18(27)11-29-16-8-3-13(10-24)9-17(16)28-2/h3-9,20H,11H2,1-2H3,(H,25,26,27). The maximum Gasteiger partial charge on any atom is 0.387 e. The number of anilines is 1. The number of hydrogen-bond donors (Lipinski definition) is 1. The fourth-order valence-electron chi connectivity index (χ4n) is 2.67. The van der Waals surface area contributed by atoms with E-state index in [9.17, 15) is 13.6 Å². The second-order valence-corrected chi connectivity index (χ2v) is 7.34. The molecule has 7 nitrogen and oxygen atoms in total. The minimum Gasteiger partial charge on any atom is -0.493 e. The molecule has 0 fully saturated rings. The van der Waals surface area contributed by atoms with Crippen molar-refractivity contribution in [2.24, 2.45) is 0 Å². The van der Waals surface area contributed by atoms with Gasteiger partial charge < -0.3 is 14.2 Å². The zero-order valence-electron chi connectivity index (χ0n) is 16.5. The number of thiazole rings is 1. The molecule has 0 bridgehead atoms. The average molecular weight is 445 g/mol. The van der Waals surface area contributed by atoms with Gasteiger partial charge in [-0.3, -0.25) is 10.1 Å². The summed E-state index contributed by atoms with van der Waals surface area (Å²) in [5.74, 6) is 0.306. The van der Waals surface area contributed by atoms with Gasteiger partial charge in [0.05, 0.1) is 24.4 Å². The van der Waals surface area contributed by atoms with Crippen molar-refractivity contribution in [1.82, 2.24) is 4.98 Å². The molecule has 1 heterocycles. The Morgan fingerprint density at radius 2 is 1.97 bits per heavy atom. The SMILES string of the molecule is COc1cc(C#N)ccc1OCC(=O)Nc1nc(-c2ccc(OC(F)F)cc2)c(C)s1. The molecule has 1 N–H and O–H groups in total. The highest BCUT2D eigenvalue weighted by atomic mass is 32.1. The molecule has 0 saturated carbocycles. The number of methoxy groups -OCH3 is 1. The van der Waals surface area contributed by atoms with Crippen LogP contribution in [0.1, 0.15) is 10.4 Å². The number of nitriles is 1. The van der Waals surface area contributed by atoms with Crippen molar-refractivity contribution in [2.45, 2.75) is 13.5 Å². The second kappa shape index (κ2) is 9.86. The van der Waals surface area contributed by atoms with Gasteiger partial charge in [-0.2, -0.15) is 14.0 Å². The van der Waals surface area contributed by atoms with Crippen molar-refractivity contribution in [2.75, 3.05) is 19.0 Å². The highest BCUT2D eigenvalue weighted by Gasteiger charge is 2.14. The molecule has 3 aromatic rings. The fraction of sp³-hybridized carbons (Fsp3) is 0.190. The number of carbonyl (C=O) groups is 1. The molecule has 31 heavy (non-hydrogen) atoms. The van der Waals surface area contributed by atoms with Crippen molar-refractivity contribution in [3.05, 3.63) is 52.9 Å². The van der Waals surface area contributed by atoms with Crippen molar-refractivity contribution in [3.63, 3.8) is 0 Å². The summed E-state index contributed by atoms with van der Waals surface area (Å²) in [6.07, 6.45) is 0. The van der Waals surface area contributed by atoms with Gasteiger partial charge in [0.1, 0.15) is 5.75 Å². The van der Waals surface area contributed by atoms with Gasteiger partial charge in [-0.1, -0.05) is 0 Å². The first-order valence-electron chi connectivity index (χ1n) is 8.93. The van der Waals surface area contributed by atoms with E-state index >= 15 is 0 Å². The van der Waals surface area contributed by atoms with Crippen molar-refractivity contribution in [1.29, 1.82) is 5.26 Å². The lowest BCUT2D eigenvalue weighted by Gasteiger charge is -2.10. The summed E-state index contributed by atoms with van der Waals surface area (Å²) in [6, 6.07) is 12.7. The van der Waals surface area contributed by atoms with Gasteiger partial charge in [-0.05, 0) is 43.3 Å². The van der Waals surface area contributed by atoms with Gasteiger partial charge in [0.2, 0.25) is 0 Å². The third-order valence-corrected chi connectivity index (χ3v) is 4.93. The Morgan fingerprint density at radius 3 is 2.61 bits per heavy atom. The number of amides is 1. The van der Waals surface area contributed by atoms with Crippen LogP contribution in [-0.2, 0) is 4.79 Å². The van der Waals surface area contributed by atoms with Crippen molar-refractivity contribution < 1.29 is 27.8 Å². The number of ether oxygens (including phenoxy) is 3. The zero-order chi connectivity index (χ0) is 22.4. The number of alkyl halides is 2. The zero-order valence-corrected chi connectivity index (χ0v) is 17.3. The van der Waals surface area contributed by atoms with Gasteiger partial charge in [0.15, 0.2) is 23.2 Å². The maximum atomic E-state index is 12.3. The van der Waals surface area contributed by atoms with E-state index in [0.717, 1.165) is 4.88 Å². The number of halogens is 2. The molecular weight excluding hydrogens is 428 g/mol. The first-order valence-corrected chi connectivity index (χ1v) is 9.74. The lowest BCUT2D eigenvalue weighted by molar-refractivity contribution is -0.118. The Morgan fingerprint density at radius 1 is 1.23 bits per heavy atom. The summed E-state index contributed by atoms with van der Waals surface area (Å²) in [4.78, 5) is 17.5.